The minimum Gasteiger partial charge on any atom is -0.358 e. The predicted molar refractivity (Wildman–Crippen MR) is 62.4 cm³/mol. The second-order valence-electron chi connectivity index (χ2n) is 3.52. The molecule has 0 amide bonds. The third-order valence-electron chi connectivity index (χ3n) is 2.46. The molecule has 1 heterocycles. The van der Waals surface area contributed by atoms with Crippen LogP contribution in [-0.2, 0) is 0 Å². The Kier molecular flexibility index (Phi) is 2.40. The summed E-state index contributed by atoms with van der Waals surface area (Å²) < 4.78 is 0. The van der Waals surface area contributed by atoms with Crippen molar-refractivity contribution >= 4 is 17.0 Å². The summed E-state index contributed by atoms with van der Waals surface area (Å²) >= 11 is 0. The second kappa shape index (κ2) is 3.70. The molecule has 2 rings (SSSR count). The molecule has 1 nitrogen and oxygen atoms in total. The summed E-state index contributed by atoms with van der Waals surface area (Å²) in [4.78, 5) is 3.38. The normalized spacial score (nSPS) is 11.6. The highest BCUT2D eigenvalue weighted by Gasteiger charge is 2.03. The van der Waals surface area contributed by atoms with Crippen LogP contribution in [0, 0.1) is 6.92 Å². The summed E-state index contributed by atoms with van der Waals surface area (Å²) in [6.07, 6.45) is 5.48. The van der Waals surface area contributed by atoms with Gasteiger partial charge in [0.25, 0.3) is 0 Å². The van der Waals surface area contributed by atoms with Gasteiger partial charge in [-0.05, 0) is 19.4 Å². The lowest BCUT2D eigenvalue weighted by Crippen LogP contribution is -1.73. The molecular weight excluding hydrogens is 170 g/mol. The van der Waals surface area contributed by atoms with Crippen molar-refractivity contribution in [3.05, 3.63) is 41.6 Å². The van der Waals surface area contributed by atoms with E-state index in [4.69, 9.17) is 0 Å². The van der Waals surface area contributed by atoms with Crippen molar-refractivity contribution in [2.75, 3.05) is 0 Å². The summed E-state index contributed by atoms with van der Waals surface area (Å²) in [6.45, 7) is 4.27. The van der Waals surface area contributed by atoms with E-state index < -0.39 is 0 Å². The SMILES string of the molecule is CC/C=C/c1c(C)[nH]c2ccccc12. The lowest BCUT2D eigenvalue weighted by molar-refractivity contribution is 1.23. The summed E-state index contributed by atoms with van der Waals surface area (Å²) in [7, 11) is 0. The highest BCUT2D eigenvalue weighted by molar-refractivity contribution is 5.90. The fraction of sp³-hybridized carbons (Fsp3) is 0.231. The molecule has 0 atom stereocenters. The van der Waals surface area contributed by atoms with Gasteiger partial charge in [-0.2, -0.15) is 0 Å². The fourth-order valence-electron chi connectivity index (χ4n) is 1.75. The number of allylic oxidation sites excluding steroid dienone is 1. The van der Waals surface area contributed by atoms with Gasteiger partial charge in [-0.1, -0.05) is 37.3 Å². The van der Waals surface area contributed by atoms with E-state index in [0.717, 1.165) is 6.42 Å². The smallest absolute Gasteiger partial charge is 0.0462 e. The van der Waals surface area contributed by atoms with Gasteiger partial charge in [0.1, 0.15) is 0 Å². The van der Waals surface area contributed by atoms with Crippen LogP contribution in [-0.4, -0.2) is 4.98 Å². The molecule has 0 saturated heterocycles. The minimum atomic E-state index is 1.08. The molecule has 0 aliphatic heterocycles. The van der Waals surface area contributed by atoms with E-state index >= 15 is 0 Å². The van der Waals surface area contributed by atoms with Crippen LogP contribution in [0.3, 0.4) is 0 Å². The second-order valence-corrected chi connectivity index (χ2v) is 3.52. The molecular formula is C13H15N. The molecule has 0 bridgehead atoms. The Balaban J connectivity index is 2.62. The molecule has 0 saturated carbocycles. The molecule has 0 unspecified atom stereocenters. The van der Waals surface area contributed by atoms with E-state index in [1.165, 1.54) is 22.2 Å². The zero-order valence-electron chi connectivity index (χ0n) is 8.67. The number of rotatable bonds is 2. The number of fused-ring (bicyclic) bond motifs is 1. The maximum atomic E-state index is 3.38. The first kappa shape index (κ1) is 9.07. The lowest BCUT2D eigenvalue weighted by Gasteiger charge is -1.91. The number of para-hydroxylation sites is 1. The standard InChI is InChI=1S/C13H15N/c1-3-4-7-11-10(2)14-13-9-6-5-8-12(11)13/h4-9,14H,3H2,1-2H3/b7-4+. The van der Waals surface area contributed by atoms with Crippen LogP contribution in [0.15, 0.2) is 30.3 Å². The van der Waals surface area contributed by atoms with E-state index in [0.29, 0.717) is 0 Å². The van der Waals surface area contributed by atoms with E-state index in [2.05, 4.69) is 55.2 Å². The van der Waals surface area contributed by atoms with Crippen LogP contribution < -0.4 is 0 Å². The summed E-state index contributed by atoms with van der Waals surface area (Å²) in [6, 6.07) is 8.42. The molecule has 0 spiro atoms. The van der Waals surface area contributed by atoms with Gasteiger partial charge < -0.3 is 4.98 Å². The zero-order chi connectivity index (χ0) is 9.97. The molecule has 1 heteroatoms. The Labute approximate surface area is 84.5 Å². The number of aryl methyl sites for hydroxylation is 1. The van der Waals surface area contributed by atoms with Gasteiger partial charge in [-0.25, -0.2) is 0 Å². The highest BCUT2D eigenvalue weighted by atomic mass is 14.7. The van der Waals surface area contributed by atoms with Gasteiger partial charge in [-0.15, -0.1) is 0 Å². The van der Waals surface area contributed by atoms with E-state index in [-0.39, 0.29) is 0 Å². The molecule has 2 aromatic rings. The molecule has 0 aliphatic rings. The van der Waals surface area contributed by atoms with Crippen molar-refractivity contribution in [1.29, 1.82) is 0 Å². The number of H-pyrrole nitrogens is 1. The molecule has 1 aromatic heterocycles. The first-order chi connectivity index (χ1) is 6.83. The van der Waals surface area contributed by atoms with Crippen molar-refractivity contribution in [2.45, 2.75) is 20.3 Å². The van der Waals surface area contributed by atoms with Gasteiger partial charge >= 0.3 is 0 Å². The Morgan fingerprint density at radius 3 is 2.86 bits per heavy atom. The van der Waals surface area contributed by atoms with Gasteiger partial charge in [0.05, 0.1) is 0 Å². The van der Waals surface area contributed by atoms with E-state index in [9.17, 15) is 0 Å². The Hall–Kier alpha value is -1.50. The van der Waals surface area contributed by atoms with E-state index in [1.807, 2.05) is 0 Å². The largest absolute Gasteiger partial charge is 0.358 e. The average Bonchev–Trinajstić information content (AvgIpc) is 2.51. The minimum absolute atomic E-state index is 1.08. The molecule has 14 heavy (non-hydrogen) atoms. The summed E-state index contributed by atoms with van der Waals surface area (Å²) in [5, 5.41) is 1.31. The summed E-state index contributed by atoms with van der Waals surface area (Å²) in [5.74, 6) is 0. The number of hydrogen-bond donors (Lipinski definition) is 1. The van der Waals surface area contributed by atoms with Crippen LogP contribution >= 0.6 is 0 Å². The maximum Gasteiger partial charge on any atom is 0.0462 e. The lowest BCUT2D eigenvalue weighted by atomic mass is 10.1. The fourth-order valence-corrected chi connectivity index (χ4v) is 1.75. The Morgan fingerprint density at radius 2 is 2.07 bits per heavy atom. The quantitative estimate of drug-likeness (QED) is 0.730. The van der Waals surface area contributed by atoms with Crippen molar-refractivity contribution in [3.8, 4) is 0 Å². The first-order valence-corrected chi connectivity index (χ1v) is 5.06. The highest BCUT2D eigenvalue weighted by Crippen LogP contribution is 2.22. The van der Waals surface area contributed by atoms with Crippen molar-refractivity contribution in [2.24, 2.45) is 0 Å². The van der Waals surface area contributed by atoms with Crippen LogP contribution in [0.4, 0.5) is 0 Å². The molecule has 1 N–H and O–H groups in total. The number of aromatic amines is 1. The predicted octanol–water partition coefficient (Wildman–Crippen LogP) is 3.90. The Morgan fingerprint density at radius 1 is 1.29 bits per heavy atom. The number of aromatic nitrogens is 1. The molecule has 72 valence electrons. The first-order valence-electron chi connectivity index (χ1n) is 5.06. The van der Waals surface area contributed by atoms with Crippen LogP contribution in [0.2, 0.25) is 0 Å². The number of nitrogens with one attached hydrogen (secondary N) is 1. The van der Waals surface area contributed by atoms with Crippen molar-refractivity contribution < 1.29 is 0 Å². The number of hydrogen-bond acceptors (Lipinski definition) is 0. The zero-order valence-corrected chi connectivity index (χ0v) is 8.67. The Bertz CT molecular complexity index is 463. The van der Waals surface area contributed by atoms with Gasteiger partial charge in [0.2, 0.25) is 0 Å². The monoisotopic (exact) mass is 185 g/mol. The number of benzene rings is 1. The summed E-state index contributed by atoms with van der Waals surface area (Å²) in [5.41, 5.74) is 3.79. The third kappa shape index (κ3) is 1.46. The molecule has 0 radical (unpaired) electrons. The maximum absolute atomic E-state index is 3.38. The third-order valence-corrected chi connectivity index (χ3v) is 2.46. The van der Waals surface area contributed by atoms with Crippen LogP contribution in [0.1, 0.15) is 24.6 Å². The van der Waals surface area contributed by atoms with Crippen LogP contribution in [0.5, 0.6) is 0 Å². The van der Waals surface area contributed by atoms with Gasteiger partial charge in [0, 0.05) is 22.2 Å². The van der Waals surface area contributed by atoms with Gasteiger partial charge in [-0.3, -0.25) is 0 Å². The van der Waals surface area contributed by atoms with Crippen molar-refractivity contribution in [3.63, 3.8) is 0 Å². The molecule has 0 fully saturated rings. The molecule has 0 aliphatic carbocycles. The average molecular weight is 185 g/mol. The van der Waals surface area contributed by atoms with Crippen LogP contribution in [0.25, 0.3) is 17.0 Å². The topological polar surface area (TPSA) is 15.8 Å². The van der Waals surface area contributed by atoms with Gasteiger partial charge in [0.15, 0.2) is 0 Å². The molecule has 1 aromatic carbocycles. The van der Waals surface area contributed by atoms with E-state index in [1.54, 1.807) is 0 Å². The van der Waals surface area contributed by atoms with Crippen molar-refractivity contribution in [1.82, 2.24) is 4.98 Å².